The summed E-state index contributed by atoms with van der Waals surface area (Å²) in [6.45, 7) is 34.1. The molecule has 0 rings (SSSR count). The molecule has 240 valence electrons. The van der Waals surface area contributed by atoms with Crippen LogP contribution in [0, 0.1) is 0 Å². The lowest BCUT2D eigenvalue weighted by Crippen LogP contribution is -2.45. The van der Waals surface area contributed by atoms with Crippen LogP contribution in [0.1, 0.15) is 51.4 Å². The Kier molecular flexibility index (Phi) is 31.0. The van der Waals surface area contributed by atoms with Gasteiger partial charge in [0.25, 0.3) is 8.32 Å². The van der Waals surface area contributed by atoms with Crippen molar-refractivity contribution in [1.29, 1.82) is 0 Å². The predicted molar refractivity (Wildman–Crippen MR) is 178 cm³/mol. The first-order chi connectivity index (χ1) is 20.5. The summed E-state index contributed by atoms with van der Waals surface area (Å²) in [5, 5.41) is 0. The Morgan fingerprint density at radius 2 is 0.595 bits per heavy atom. The van der Waals surface area contributed by atoms with Crippen LogP contribution >= 0.6 is 0 Å². The number of hydrogen-bond acceptors (Lipinski definition) is 8. The summed E-state index contributed by atoms with van der Waals surface area (Å²) in [7, 11) is -4.95. The maximum absolute atomic E-state index is 6.01. The smallest absolute Gasteiger partial charge is 0.502 e. The van der Waals surface area contributed by atoms with Crippen LogP contribution in [-0.4, -0.2) is 70.0 Å². The van der Waals surface area contributed by atoms with Gasteiger partial charge >= 0.3 is 8.80 Å². The van der Waals surface area contributed by atoms with Crippen LogP contribution in [0.15, 0.2) is 100 Å². The zero-order valence-electron chi connectivity index (χ0n) is 25.9. The third kappa shape index (κ3) is 24.0. The second kappa shape index (κ2) is 31.3. The molecule has 0 spiro atoms. The molecule has 0 amide bonds. The molecule has 0 aliphatic rings. The highest BCUT2D eigenvalue weighted by Gasteiger charge is 2.37. The van der Waals surface area contributed by atoms with Crippen LogP contribution in [0.5, 0.6) is 0 Å². The van der Waals surface area contributed by atoms with E-state index in [1.165, 1.54) is 25.0 Å². The van der Waals surface area contributed by atoms with Crippen molar-refractivity contribution in [2.24, 2.45) is 0 Å². The molecule has 0 aromatic carbocycles. The van der Waals surface area contributed by atoms with Crippen LogP contribution in [-0.2, 0) is 36.7 Å². The molecule has 0 radical (unpaired) electrons. The van der Waals surface area contributed by atoms with Gasteiger partial charge in [-0.15, -0.1) is 19.7 Å². The summed E-state index contributed by atoms with van der Waals surface area (Å²) >= 11 is 0. The van der Waals surface area contributed by atoms with Crippen molar-refractivity contribution in [2.75, 3.05) is 52.9 Å². The Hall–Kier alpha value is -2.61. The maximum Gasteiger partial charge on any atom is 0.529 e. The van der Waals surface area contributed by atoms with E-state index in [9.17, 15) is 0 Å². The average Bonchev–Trinajstić information content (AvgIpc) is 3.02. The van der Waals surface area contributed by atoms with Gasteiger partial charge in [-0.1, -0.05) is 50.0 Å². The van der Waals surface area contributed by atoms with Gasteiger partial charge in [0.1, 0.15) is 0 Å². The van der Waals surface area contributed by atoms with E-state index in [0.717, 1.165) is 51.4 Å². The van der Waals surface area contributed by atoms with Gasteiger partial charge in [0.05, 0.1) is 51.5 Å². The number of hydrogen-bond donors (Lipinski definition) is 0. The fourth-order valence-corrected chi connectivity index (χ4v) is 6.35. The summed E-state index contributed by atoms with van der Waals surface area (Å²) in [6, 6.07) is 0. The molecule has 0 N–H and O–H groups in total. The van der Waals surface area contributed by atoms with Gasteiger partial charge in [-0.2, -0.15) is 0 Å². The topological polar surface area (TPSA) is 73.8 Å². The van der Waals surface area contributed by atoms with Crippen LogP contribution < -0.4 is 0 Å². The van der Waals surface area contributed by atoms with Crippen LogP contribution in [0.3, 0.4) is 0 Å². The third-order valence-corrected chi connectivity index (χ3v) is 10.5. The number of rotatable bonds is 32. The third-order valence-electron chi connectivity index (χ3n) is 5.57. The molecule has 0 saturated heterocycles. The Morgan fingerprint density at radius 1 is 0.333 bits per heavy atom. The Labute approximate surface area is 258 Å². The summed E-state index contributed by atoms with van der Waals surface area (Å²) in [5.74, 6) is 0. The van der Waals surface area contributed by atoms with Gasteiger partial charge in [-0.05, 0) is 57.1 Å². The standard InChI is InChI=1S/C20H36O6Si.C12H20O2Si/c1-5-21-15-9-12-18-24-27(8-4,25-19-13-10-16-22-6-2)26-20-14-11-17-23-7-3;1-5-13-11-9-10-12-14-15(6-2,7-3)8-4/h5-8H,1-4,9-20H2;5-8H,1-4,9-12H2. The molecule has 0 heterocycles. The molecule has 0 aromatic rings. The Morgan fingerprint density at radius 3 is 0.833 bits per heavy atom. The van der Waals surface area contributed by atoms with Crippen molar-refractivity contribution >= 4 is 17.1 Å². The van der Waals surface area contributed by atoms with Gasteiger partial charge in [-0.3, -0.25) is 0 Å². The number of unbranched alkanes of at least 4 members (excludes halogenated alkanes) is 4. The van der Waals surface area contributed by atoms with Gasteiger partial charge in [-0.25, -0.2) is 0 Å². The van der Waals surface area contributed by atoms with E-state index in [0.29, 0.717) is 52.9 Å². The van der Waals surface area contributed by atoms with Crippen molar-refractivity contribution in [3.63, 3.8) is 0 Å². The quantitative estimate of drug-likeness (QED) is 0.0431. The first kappa shape index (κ1) is 41.5. The summed E-state index contributed by atoms with van der Waals surface area (Å²) in [5.41, 5.74) is 7.18. The van der Waals surface area contributed by atoms with Crippen molar-refractivity contribution < 1.29 is 36.7 Å². The van der Waals surface area contributed by atoms with Gasteiger partial charge in [0, 0.05) is 26.4 Å². The maximum atomic E-state index is 6.01. The molecule has 8 nitrogen and oxygen atoms in total. The summed E-state index contributed by atoms with van der Waals surface area (Å²) in [6.07, 6.45) is 12.9. The van der Waals surface area contributed by atoms with E-state index in [4.69, 9.17) is 36.7 Å². The number of ether oxygens (including phenoxy) is 4. The molecule has 0 unspecified atom stereocenters. The highest BCUT2D eigenvalue weighted by molar-refractivity contribution is 6.87. The minimum Gasteiger partial charge on any atom is -0.502 e. The van der Waals surface area contributed by atoms with Crippen molar-refractivity contribution in [3.8, 4) is 0 Å². The summed E-state index contributed by atoms with van der Waals surface area (Å²) < 4.78 is 44.2. The molecule has 0 bridgehead atoms. The lowest BCUT2D eigenvalue weighted by molar-refractivity contribution is 0.0638. The van der Waals surface area contributed by atoms with Crippen LogP contribution in [0.4, 0.5) is 0 Å². The predicted octanol–water partition coefficient (Wildman–Crippen LogP) is 7.59. The second-order valence-electron chi connectivity index (χ2n) is 8.65. The molecule has 10 heteroatoms. The van der Waals surface area contributed by atoms with E-state index < -0.39 is 17.1 Å². The molecule has 42 heavy (non-hydrogen) atoms. The second-order valence-corrected chi connectivity index (χ2v) is 14.3. The molecule has 0 aromatic heterocycles. The Bertz CT molecular complexity index is 657. The highest BCUT2D eigenvalue weighted by atomic mass is 28.4. The first-order valence-electron chi connectivity index (χ1n) is 14.5. The molecule has 0 saturated carbocycles. The zero-order valence-corrected chi connectivity index (χ0v) is 27.9. The monoisotopic (exact) mass is 624 g/mol. The minimum absolute atomic E-state index is 0.540. The fourth-order valence-electron chi connectivity index (χ4n) is 3.10. The molecular weight excluding hydrogens is 569 g/mol. The van der Waals surface area contributed by atoms with E-state index >= 15 is 0 Å². The first-order valence-corrected chi connectivity index (χ1v) is 18.4. The van der Waals surface area contributed by atoms with Crippen molar-refractivity contribution in [1.82, 2.24) is 0 Å². The molecular formula is C32H56O8Si2. The van der Waals surface area contributed by atoms with E-state index in [1.54, 1.807) is 5.70 Å². The van der Waals surface area contributed by atoms with Crippen LogP contribution in [0.2, 0.25) is 0 Å². The minimum atomic E-state index is -2.89. The lowest BCUT2D eigenvalue weighted by atomic mass is 10.3. The largest absolute Gasteiger partial charge is 0.529 e. The highest BCUT2D eigenvalue weighted by Crippen LogP contribution is 2.15. The van der Waals surface area contributed by atoms with Crippen LogP contribution in [0.25, 0.3) is 0 Å². The molecule has 0 atom stereocenters. The lowest BCUT2D eigenvalue weighted by Gasteiger charge is -2.27. The zero-order chi connectivity index (χ0) is 31.6. The van der Waals surface area contributed by atoms with Gasteiger partial charge < -0.3 is 36.7 Å². The molecule has 0 aliphatic carbocycles. The van der Waals surface area contributed by atoms with Crippen molar-refractivity contribution in [3.05, 3.63) is 100 Å². The molecule has 0 aliphatic heterocycles. The van der Waals surface area contributed by atoms with E-state index in [2.05, 4.69) is 52.6 Å². The fraction of sp³-hybridized carbons (Fsp3) is 0.500. The van der Waals surface area contributed by atoms with E-state index in [-0.39, 0.29) is 0 Å². The van der Waals surface area contributed by atoms with E-state index in [1.807, 2.05) is 17.1 Å². The SMILES string of the molecule is C=COCCCCO[Si](C=C)(C=C)C=C.C=COCCCCO[Si](C=C)(OCCCCOC=C)OCCCCOC=C. The normalized spacial score (nSPS) is 10.7. The van der Waals surface area contributed by atoms with Gasteiger partial charge in [0.15, 0.2) is 0 Å². The summed E-state index contributed by atoms with van der Waals surface area (Å²) in [4.78, 5) is 0. The van der Waals surface area contributed by atoms with Crippen molar-refractivity contribution in [2.45, 2.75) is 51.4 Å². The average molecular weight is 625 g/mol. The van der Waals surface area contributed by atoms with Gasteiger partial charge in [0.2, 0.25) is 0 Å². The Balaban J connectivity index is 0. The molecule has 0 fully saturated rings.